The van der Waals surface area contributed by atoms with Crippen LogP contribution < -0.4 is 14.4 Å². The van der Waals surface area contributed by atoms with E-state index < -0.39 is 23.2 Å². The molecule has 150 valence electrons. The molecule has 2 aromatic rings. The van der Waals surface area contributed by atoms with Crippen molar-refractivity contribution in [1.82, 2.24) is 0 Å². The fourth-order valence-electron chi connectivity index (χ4n) is 2.74. The summed E-state index contributed by atoms with van der Waals surface area (Å²) in [6.07, 6.45) is 0.948. The quantitative estimate of drug-likeness (QED) is 0.681. The number of thioether (sulfide) groups is 1. The average molecular weight is 413 g/mol. The number of hydrogen-bond donors (Lipinski definition) is 1. The second-order valence-corrected chi connectivity index (χ2v) is 7.14. The third-order valence-electron chi connectivity index (χ3n) is 4.19. The van der Waals surface area contributed by atoms with Crippen LogP contribution in [0.5, 0.6) is 11.5 Å². The van der Waals surface area contributed by atoms with Crippen molar-refractivity contribution in [3.8, 4) is 11.5 Å². The van der Waals surface area contributed by atoms with Crippen molar-refractivity contribution in [2.45, 2.75) is 19.4 Å². The molecule has 0 spiro atoms. The molecule has 1 N–H and O–H groups in total. The minimum absolute atomic E-state index is 0.264. The van der Waals surface area contributed by atoms with Gasteiger partial charge in [-0.25, -0.2) is 9.69 Å². The lowest BCUT2D eigenvalue weighted by Gasteiger charge is -2.13. The van der Waals surface area contributed by atoms with Crippen LogP contribution in [0.3, 0.4) is 0 Å². The molecular formula is C21H19NO6S. The molecule has 1 unspecified atom stereocenters. The second kappa shape index (κ2) is 8.83. The Morgan fingerprint density at radius 1 is 1.17 bits per heavy atom. The summed E-state index contributed by atoms with van der Waals surface area (Å²) in [7, 11) is 1.51. The van der Waals surface area contributed by atoms with Crippen molar-refractivity contribution in [2.24, 2.45) is 0 Å². The Hall–Kier alpha value is -3.26. The van der Waals surface area contributed by atoms with Crippen molar-refractivity contribution >= 4 is 40.6 Å². The zero-order valence-electron chi connectivity index (χ0n) is 15.8. The summed E-state index contributed by atoms with van der Waals surface area (Å²) < 4.78 is 10.6. The summed E-state index contributed by atoms with van der Waals surface area (Å²) in [5, 5.41) is 8.73. The number of hydrogen-bond acceptors (Lipinski definition) is 6. The summed E-state index contributed by atoms with van der Waals surface area (Å²) in [6, 6.07) is 13.4. The summed E-state index contributed by atoms with van der Waals surface area (Å²) in [5.41, 5.74) is 1.05. The first-order valence-corrected chi connectivity index (χ1v) is 9.66. The highest BCUT2D eigenvalue weighted by atomic mass is 32.2. The van der Waals surface area contributed by atoms with Gasteiger partial charge in [0.15, 0.2) is 6.10 Å². The van der Waals surface area contributed by atoms with Crippen molar-refractivity contribution in [1.29, 1.82) is 0 Å². The number of benzene rings is 2. The van der Waals surface area contributed by atoms with Crippen LogP contribution in [0.1, 0.15) is 18.9 Å². The molecule has 8 heteroatoms. The third-order valence-corrected chi connectivity index (χ3v) is 5.06. The summed E-state index contributed by atoms with van der Waals surface area (Å²) in [4.78, 5) is 37.7. The average Bonchev–Trinajstić information content (AvgIpc) is 2.99. The number of aliphatic carboxylic acids is 1. The smallest absolute Gasteiger partial charge is 0.344 e. The highest BCUT2D eigenvalue weighted by molar-refractivity contribution is 8.19. The van der Waals surface area contributed by atoms with Gasteiger partial charge in [0.25, 0.3) is 11.1 Å². The van der Waals surface area contributed by atoms with E-state index in [9.17, 15) is 14.4 Å². The van der Waals surface area contributed by atoms with E-state index >= 15 is 0 Å². The number of carboxylic acids is 1. The van der Waals surface area contributed by atoms with Gasteiger partial charge in [-0.1, -0.05) is 25.1 Å². The normalized spacial score (nSPS) is 16.2. The standard InChI is InChI=1S/C21H19NO6S/c1-3-17(20(24)25)28-16-9-4-6-13(10-16)11-18-19(23)22(21(26)29-18)14-7-5-8-15(12-14)27-2/h4-12,17H,3H2,1-2H3,(H,24,25)/b18-11+. The molecule has 2 aromatic carbocycles. The van der Waals surface area contributed by atoms with Crippen molar-refractivity contribution in [3.05, 3.63) is 59.0 Å². The maximum atomic E-state index is 12.8. The molecule has 0 radical (unpaired) electrons. The monoisotopic (exact) mass is 413 g/mol. The number of methoxy groups -OCH3 is 1. The Morgan fingerprint density at radius 3 is 2.59 bits per heavy atom. The van der Waals surface area contributed by atoms with E-state index in [2.05, 4.69) is 0 Å². The fraction of sp³-hybridized carbons (Fsp3) is 0.190. The first kappa shape index (κ1) is 20.5. The number of rotatable bonds is 7. The first-order valence-electron chi connectivity index (χ1n) is 8.84. The Bertz CT molecular complexity index is 987. The number of imide groups is 1. The van der Waals surface area contributed by atoms with E-state index in [1.54, 1.807) is 61.5 Å². The van der Waals surface area contributed by atoms with Gasteiger partial charge in [-0.3, -0.25) is 9.59 Å². The maximum Gasteiger partial charge on any atom is 0.344 e. The molecule has 0 aromatic heterocycles. The predicted octanol–water partition coefficient (Wildman–Crippen LogP) is 4.18. The molecule has 0 aliphatic carbocycles. The molecule has 1 aliphatic heterocycles. The van der Waals surface area contributed by atoms with Crippen LogP contribution in [0.2, 0.25) is 0 Å². The molecule has 3 rings (SSSR count). The lowest BCUT2D eigenvalue weighted by molar-refractivity contribution is -0.145. The Balaban J connectivity index is 1.84. The molecule has 0 saturated carbocycles. The van der Waals surface area contributed by atoms with E-state index in [1.165, 1.54) is 7.11 Å². The van der Waals surface area contributed by atoms with Crippen LogP contribution in [-0.4, -0.2) is 35.4 Å². The third kappa shape index (κ3) is 4.60. The van der Waals surface area contributed by atoms with E-state index in [4.69, 9.17) is 14.6 Å². The number of carbonyl (C=O) groups is 3. The zero-order valence-corrected chi connectivity index (χ0v) is 16.6. The SMILES string of the molecule is CCC(Oc1cccc(/C=C2/SC(=O)N(c3cccc(OC)c3)C2=O)c1)C(=O)O. The van der Waals surface area contributed by atoms with Crippen molar-refractivity contribution in [2.75, 3.05) is 12.0 Å². The maximum absolute atomic E-state index is 12.8. The Kier molecular flexibility index (Phi) is 6.23. The highest BCUT2D eigenvalue weighted by Crippen LogP contribution is 2.37. The van der Waals surface area contributed by atoms with Crippen LogP contribution in [0.15, 0.2) is 53.4 Å². The highest BCUT2D eigenvalue weighted by Gasteiger charge is 2.36. The van der Waals surface area contributed by atoms with Gasteiger partial charge >= 0.3 is 5.97 Å². The fourth-order valence-corrected chi connectivity index (χ4v) is 3.58. The number of carboxylic acid groups (broad SMARTS) is 1. The Morgan fingerprint density at radius 2 is 1.90 bits per heavy atom. The molecule has 1 atom stereocenters. The molecule has 1 saturated heterocycles. The van der Waals surface area contributed by atoms with E-state index in [-0.39, 0.29) is 4.91 Å². The van der Waals surface area contributed by atoms with Gasteiger partial charge in [0.05, 0.1) is 17.7 Å². The van der Waals surface area contributed by atoms with Crippen molar-refractivity contribution in [3.63, 3.8) is 0 Å². The van der Waals surface area contributed by atoms with Crippen LogP contribution in [0.4, 0.5) is 10.5 Å². The van der Waals surface area contributed by atoms with Gasteiger partial charge in [-0.05, 0) is 54.1 Å². The van der Waals surface area contributed by atoms with Crippen LogP contribution >= 0.6 is 11.8 Å². The summed E-state index contributed by atoms with van der Waals surface area (Å²) >= 11 is 0.837. The molecule has 1 aliphatic rings. The Labute approximate surface area is 171 Å². The number of amides is 2. The molecular weight excluding hydrogens is 394 g/mol. The van der Waals surface area contributed by atoms with Gasteiger partial charge in [0, 0.05) is 6.07 Å². The van der Waals surface area contributed by atoms with Crippen LogP contribution in [-0.2, 0) is 9.59 Å². The number of ether oxygens (including phenoxy) is 2. The largest absolute Gasteiger partial charge is 0.497 e. The number of carbonyl (C=O) groups excluding carboxylic acids is 2. The van der Waals surface area contributed by atoms with E-state index in [0.29, 0.717) is 29.2 Å². The molecule has 29 heavy (non-hydrogen) atoms. The zero-order chi connectivity index (χ0) is 21.0. The molecule has 2 amide bonds. The summed E-state index contributed by atoms with van der Waals surface area (Å²) in [5.74, 6) is -0.562. The topological polar surface area (TPSA) is 93.1 Å². The van der Waals surface area contributed by atoms with Crippen LogP contribution in [0.25, 0.3) is 6.08 Å². The molecule has 1 heterocycles. The van der Waals surface area contributed by atoms with Gasteiger partial charge in [0.2, 0.25) is 0 Å². The second-order valence-electron chi connectivity index (χ2n) is 6.14. The molecule has 7 nitrogen and oxygen atoms in total. The number of nitrogens with zero attached hydrogens (tertiary/aromatic N) is 1. The minimum Gasteiger partial charge on any atom is -0.497 e. The predicted molar refractivity (Wildman–Crippen MR) is 110 cm³/mol. The van der Waals surface area contributed by atoms with Gasteiger partial charge in [-0.2, -0.15) is 0 Å². The number of anilines is 1. The molecule has 1 fully saturated rings. The van der Waals surface area contributed by atoms with Gasteiger partial charge < -0.3 is 14.6 Å². The van der Waals surface area contributed by atoms with Gasteiger partial charge in [0.1, 0.15) is 11.5 Å². The summed E-state index contributed by atoms with van der Waals surface area (Å²) in [6.45, 7) is 1.72. The molecule has 0 bridgehead atoms. The van der Waals surface area contributed by atoms with Gasteiger partial charge in [-0.15, -0.1) is 0 Å². The first-order chi connectivity index (χ1) is 13.9. The van der Waals surface area contributed by atoms with Crippen molar-refractivity contribution < 1.29 is 29.0 Å². The van der Waals surface area contributed by atoms with E-state index in [1.807, 2.05) is 0 Å². The lowest BCUT2D eigenvalue weighted by Crippen LogP contribution is -2.27. The van der Waals surface area contributed by atoms with Crippen LogP contribution in [0, 0.1) is 0 Å². The van der Waals surface area contributed by atoms with E-state index in [0.717, 1.165) is 16.7 Å². The lowest BCUT2D eigenvalue weighted by atomic mass is 10.2. The minimum atomic E-state index is -1.04.